The highest BCUT2D eigenvalue weighted by molar-refractivity contribution is 7.71. The van der Waals surface area contributed by atoms with Crippen molar-refractivity contribution in [3.8, 4) is 6.01 Å². The SMILES string of the molecule is C=C(C)OCOCCCCCCCCCCOc1nc(=S)[nH]c(=S)[nH]1. The van der Waals surface area contributed by atoms with Gasteiger partial charge in [-0.15, -0.1) is 0 Å². The van der Waals surface area contributed by atoms with E-state index in [0.29, 0.717) is 34.7 Å². The van der Waals surface area contributed by atoms with Crippen LogP contribution < -0.4 is 4.74 Å². The standard InChI is InChI=1S/C17H29N3O3S2/c1-14(2)23-13-21-11-9-7-5-3-4-6-8-10-12-22-15-18-16(24)20-17(25)19-15/h1,3-13H2,2H3,(H2,18,19,20,24,25). The van der Waals surface area contributed by atoms with Gasteiger partial charge >= 0.3 is 0 Å². The summed E-state index contributed by atoms with van der Waals surface area (Å²) in [7, 11) is 0. The van der Waals surface area contributed by atoms with E-state index in [4.69, 9.17) is 38.6 Å². The summed E-state index contributed by atoms with van der Waals surface area (Å²) in [4.78, 5) is 9.59. The molecule has 1 rings (SSSR count). The maximum absolute atomic E-state index is 5.52. The predicted octanol–water partition coefficient (Wildman–Crippen LogP) is 5.22. The van der Waals surface area contributed by atoms with Gasteiger partial charge in [0, 0.05) is 0 Å². The quantitative estimate of drug-likeness (QED) is 0.186. The monoisotopic (exact) mass is 387 g/mol. The molecule has 0 atom stereocenters. The van der Waals surface area contributed by atoms with Crippen LogP contribution in [0.3, 0.4) is 0 Å². The molecule has 0 radical (unpaired) electrons. The summed E-state index contributed by atoms with van der Waals surface area (Å²) in [6.07, 6.45) is 9.46. The van der Waals surface area contributed by atoms with Crippen LogP contribution in [-0.4, -0.2) is 35.0 Å². The molecule has 1 heterocycles. The van der Waals surface area contributed by atoms with Gasteiger partial charge in [0.2, 0.25) is 4.77 Å². The van der Waals surface area contributed by atoms with Crippen LogP contribution in [0.5, 0.6) is 6.01 Å². The van der Waals surface area contributed by atoms with E-state index in [-0.39, 0.29) is 0 Å². The lowest BCUT2D eigenvalue weighted by Crippen LogP contribution is -2.02. The lowest BCUT2D eigenvalue weighted by molar-refractivity contribution is -0.0234. The van der Waals surface area contributed by atoms with Gasteiger partial charge in [-0.05, 0) is 44.2 Å². The van der Waals surface area contributed by atoms with Crippen molar-refractivity contribution < 1.29 is 14.2 Å². The first-order chi connectivity index (χ1) is 12.1. The molecule has 6 nitrogen and oxygen atoms in total. The fourth-order valence-electron chi connectivity index (χ4n) is 2.18. The molecule has 0 bridgehead atoms. The number of hydrogen-bond donors (Lipinski definition) is 2. The molecule has 2 N–H and O–H groups in total. The average molecular weight is 388 g/mol. The van der Waals surface area contributed by atoms with Gasteiger partial charge in [-0.25, -0.2) is 0 Å². The Bertz CT molecular complexity index is 573. The van der Waals surface area contributed by atoms with Crippen molar-refractivity contribution in [1.29, 1.82) is 0 Å². The molecule has 142 valence electrons. The van der Waals surface area contributed by atoms with Gasteiger partial charge in [-0.1, -0.05) is 45.1 Å². The van der Waals surface area contributed by atoms with Crippen molar-refractivity contribution >= 4 is 24.4 Å². The molecular formula is C17H29N3O3S2. The topological polar surface area (TPSA) is 72.2 Å². The minimum atomic E-state index is 0.313. The molecule has 0 saturated carbocycles. The fraction of sp³-hybridized carbons (Fsp3) is 0.706. The summed E-state index contributed by atoms with van der Waals surface area (Å²) in [5.41, 5.74) is 0. The molecule has 0 aliphatic heterocycles. The molecule has 0 saturated heterocycles. The zero-order chi connectivity index (χ0) is 18.3. The Morgan fingerprint density at radius 1 is 0.960 bits per heavy atom. The van der Waals surface area contributed by atoms with Gasteiger partial charge in [-0.3, -0.25) is 4.98 Å². The molecular weight excluding hydrogens is 358 g/mol. The number of H-pyrrole nitrogens is 2. The Kier molecular flexibility index (Phi) is 12.2. The Balaban J connectivity index is 1.85. The van der Waals surface area contributed by atoms with Gasteiger partial charge in [0.05, 0.1) is 19.0 Å². The fourth-order valence-corrected chi connectivity index (χ4v) is 2.61. The van der Waals surface area contributed by atoms with Crippen LogP contribution >= 0.6 is 24.4 Å². The summed E-state index contributed by atoms with van der Waals surface area (Å²) in [5.74, 6) is 0.692. The number of nitrogens with one attached hydrogen (secondary N) is 2. The van der Waals surface area contributed by atoms with Crippen molar-refractivity contribution in [3.63, 3.8) is 0 Å². The summed E-state index contributed by atoms with van der Waals surface area (Å²) >= 11 is 9.93. The highest BCUT2D eigenvalue weighted by Crippen LogP contribution is 2.09. The number of rotatable bonds is 15. The van der Waals surface area contributed by atoms with Gasteiger partial charge in [0.15, 0.2) is 11.6 Å². The number of allylic oxidation sites excluding steroid dienone is 1. The molecule has 1 aromatic rings. The van der Waals surface area contributed by atoms with Crippen molar-refractivity contribution in [2.24, 2.45) is 0 Å². The molecule has 25 heavy (non-hydrogen) atoms. The number of unbranched alkanes of at least 4 members (excludes halogenated alkanes) is 7. The summed E-state index contributed by atoms with van der Waals surface area (Å²) in [6, 6.07) is 0.393. The van der Waals surface area contributed by atoms with Crippen molar-refractivity contribution in [1.82, 2.24) is 15.0 Å². The number of aromatic nitrogens is 3. The highest BCUT2D eigenvalue weighted by atomic mass is 32.1. The average Bonchev–Trinajstić information content (AvgIpc) is 2.54. The van der Waals surface area contributed by atoms with Gasteiger partial charge in [0.1, 0.15) is 0 Å². The van der Waals surface area contributed by atoms with Crippen molar-refractivity contribution in [2.45, 2.75) is 58.3 Å². The largest absolute Gasteiger partial charge is 0.473 e. The van der Waals surface area contributed by atoms with Gasteiger partial charge in [-0.2, -0.15) is 4.98 Å². The Morgan fingerprint density at radius 3 is 2.16 bits per heavy atom. The second-order valence-electron chi connectivity index (χ2n) is 5.85. The van der Waals surface area contributed by atoms with Crippen LogP contribution in [0.4, 0.5) is 0 Å². The van der Waals surface area contributed by atoms with Crippen LogP contribution in [0.15, 0.2) is 12.3 Å². The number of nitrogens with zero attached hydrogens (tertiary/aromatic N) is 1. The third kappa shape index (κ3) is 12.7. The van der Waals surface area contributed by atoms with Crippen LogP contribution in [0.1, 0.15) is 58.3 Å². The third-order valence-corrected chi connectivity index (χ3v) is 3.85. The first kappa shape index (κ1) is 21.8. The molecule has 0 spiro atoms. The van der Waals surface area contributed by atoms with E-state index >= 15 is 0 Å². The van der Waals surface area contributed by atoms with E-state index in [1.807, 2.05) is 6.92 Å². The van der Waals surface area contributed by atoms with E-state index in [9.17, 15) is 0 Å². The van der Waals surface area contributed by atoms with Crippen LogP contribution in [0, 0.1) is 9.54 Å². The normalized spacial score (nSPS) is 10.6. The summed E-state index contributed by atoms with van der Waals surface area (Å²) < 4.78 is 16.8. The molecule has 1 aromatic heterocycles. The van der Waals surface area contributed by atoms with E-state index in [1.54, 1.807) is 0 Å². The Hall–Kier alpha value is -1.25. The van der Waals surface area contributed by atoms with E-state index in [2.05, 4.69) is 21.5 Å². The molecule has 0 unspecified atom stereocenters. The summed E-state index contributed by atoms with van der Waals surface area (Å²) in [6.45, 7) is 7.16. The van der Waals surface area contributed by atoms with Gasteiger partial charge < -0.3 is 19.2 Å². The third-order valence-electron chi connectivity index (χ3n) is 3.45. The van der Waals surface area contributed by atoms with Crippen molar-refractivity contribution in [3.05, 3.63) is 21.9 Å². The molecule has 0 aliphatic rings. The van der Waals surface area contributed by atoms with Gasteiger partial charge in [0.25, 0.3) is 6.01 Å². The van der Waals surface area contributed by atoms with Crippen LogP contribution in [0.25, 0.3) is 0 Å². The summed E-state index contributed by atoms with van der Waals surface area (Å²) in [5, 5.41) is 0. The van der Waals surface area contributed by atoms with Crippen LogP contribution in [-0.2, 0) is 9.47 Å². The number of hydrogen-bond acceptors (Lipinski definition) is 6. The Morgan fingerprint density at radius 2 is 1.56 bits per heavy atom. The smallest absolute Gasteiger partial charge is 0.298 e. The lowest BCUT2D eigenvalue weighted by Gasteiger charge is -2.06. The minimum absolute atomic E-state index is 0.313. The van der Waals surface area contributed by atoms with E-state index in [0.717, 1.165) is 25.9 Å². The molecule has 0 aliphatic carbocycles. The lowest BCUT2D eigenvalue weighted by atomic mass is 10.1. The van der Waals surface area contributed by atoms with E-state index < -0.39 is 0 Å². The first-order valence-electron chi connectivity index (χ1n) is 8.77. The maximum Gasteiger partial charge on any atom is 0.298 e. The van der Waals surface area contributed by atoms with Crippen LogP contribution in [0.2, 0.25) is 0 Å². The molecule has 8 heteroatoms. The second-order valence-corrected chi connectivity index (χ2v) is 6.65. The second kappa shape index (κ2) is 14.0. The minimum Gasteiger partial charge on any atom is -0.473 e. The first-order valence-corrected chi connectivity index (χ1v) is 9.59. The zero-order valence-electron chi connectivity index (χ0n) is 15.0. The maximum atomic E-state index is 5.52. The zero-order valence-corrected chi connectivity index (χ0v) is 16.6. The van der Waals surface area contributed by atoms with E-state index in [1.165, 1.54) is 32.1 Å². The predicted molar refractivity (Wildman–Crippen MR) is 104 cm³/mol. The molecule has 0 fully saturated rings. The number of aromatic amines is 2. The van der Waals surface area contributed by atoms with Crippen molar-refractivity contribution in [2.75, 3.05) is 20.0 Å². The number of ether oxygens (including phenoxy) is 3. The molecule has 0 aromatic carbocycles. The molecule has 0 amide bonds. The Labute approximate surface area is 160 Å². The highest BCUT2D eigenvalue weighted by Gasteiger charge is 1.97.